The summed E-state index contributed by atoms with van der Waals surface area (Å²) in [7, 11) is 3.06. The van der Waals surface area contributed by atoms with Gasteiger partial charge in [0, 0.05) is 37.7 Å². The lowest BCUT2D eigenvalue weighted by Crippen LogP contribution is -2.44. The fourth-order valence-corrected chi connectivity index (χ4v) is 7.09. The lowest BCUT2D eigenvalue weighted by Gasteiger charge is -2.34. The van der Waals surface area contributed by atoms with Gasteiger partial charge in [-0.05, 0) is 47.2 Å². The summed E-state index contributed by atoms with van der Waals surface area (Å²) in [5.74, 6) is 1.45. The molecule has 254 valence electrons. The van der Waals surface area contributed by atoms with Gasteiger partial charge in [0.05, 0.1) is 54.8 Å². The summed E-state index contributed by atoms with van der Waals surface area (Å²) in [5, 5.41) is 0. The highest BCUT2D eigenvalue weighted by Gasteiger charge is 2.35. The Morgan fingerprint density at radius 2 is 1.08 bits per heavy atom. The predicted octanol–water partition coefficient (Wildman–Crippen LogP) is 5.05. The van der Waals surface area contributed by atoms with E-state index < -0.39 is 6.04 Å². The van der Waals surface area contributed by atoms with Gasteiger partial charge in [-0.15, -0.1) is 0 Å². The molecule has 3 atom stereocenters. The zero-order valence-corrected chi connectivity index (χ0v) is 27.9. The third kappa shape index (κ3) is 5.73. The van der Waals surface area contributed by atoms with E-state index in [1.54, 1.807) is 24.3 Å². The Hall–Kier alpha value is -5.68. The molecule has 2 unspecified atom stereocenters. The number of methoxy groups -OCH3 is 2. The van der Waals surface area contributed by atoms with E-state index in [9.17, 15) is 9.59 Å². The second kappa shape index (κ2) is 13.0. The summed E-state index contributed by atoms with van der Waals surface area (Å²) in [6.07, 6.45) is 5.09. The number of fused-ring (bicyclic) bond motifs is 6. The standard InChI is InChI=1S/C39H37N5O6/c1-47-34-13-30-32(41-17-28-11-23-7-3-5-9-25(23)19-43(28)38(30)45)15-36(34)49-21-27(40)22-50-37-16-33-31(14-35(37)48-2)39(46)44-20-26-10-6-4-8-24(26)12-29(44)18-42-33/h3-10,13-18,27-29H,11-12,19-22,40H2,1-2H3/t27?,28-,29?/m0/s1. The van der Waals surface area contributed by atoms with E-state index >= 15 is 0 Å². The van der Waals surface area contributed by atoms with E-state index in [2.05, 4.69) is 24.3 Å². The first-order chi connectivity index (χ1) is 24.4. The Labute approximate surface area is 289 Å². The van der Waals surface area contributed by atoms with Crippen LogP contribution < -0.4 is 24.7 Å². The van der Waals surface area contributed by atoms with Crippen LogP contribution in [0.4, 0.5) is 11.4 Å². The molecule has 11 nitrogen and oxygen atoms in total. The first-order valence-corrected chi connectivity index (χ1v) is 16.7. The van der Waals surface area contributed by atoms with E-state index in [0.717, 1.165) is 11.1 Å². The second-order valence-corrected chi connectivity index (χ2v) is 12.9. The molecule has 0 saturated carbocycles. The Kier molecular flexibility index (Phi) is 8.20. The first kappa shape index (κ1) is 31.6. The van der Waals surface area contributed by atoms with E-state index in [4.69, 9.17) is 34.7 Å². The van der Waals surface area contributed by atoms with Crippen molar-refractivity contribution in [1.82, 2.24) is 9.80 Å². The molecule has 4 heterocycles. The number of nitrogens with two attached hydrogens (primary N) is 1. The third-order valence-corrected chi connectivity index (χ3v) is 9.80. The van der Waals surface area contributed by atoms with E-state index in [1.807, 2.05) is 46.5 Å². The largest absolute Gasteiger partial charge is 0.493 e. The molecule has 11 heteroatoms. The molecule has 8 rings (SSSR count). The number of carbonyl (C=O) groups is 2. The molecule has 4 aliphatic heterocycles. The van der Waals surface area contributed by atoms with E-state index in [-0.39, 0.29) is 37.1 Å². The van der Waals surface area contributed by atoms with Crippen molar-refractivity contribution < 1.29 is 28.5 Å². The molecule has 4 aromatic carbocycles. The Bertz CT molecular complexity index is 1920. The number of amides is 2. The van der Waals surface area contributed by atoms with Gasteiger partial charge in [0.2, 0.25) is 0 Å². The maximum absolute atomic E-state index is 13.7. The van der Waals surface area contributed by atoms with Crippen LogP contribution in [0.1, 0.15) is 43.0 Å². The highest BCUT2D eigenvalue weighted by atomic mass is 16.5. The van der Waals surface area contributed by atoms with Crippen molar-refractivity contribution in [2.45, 2.75) is 44.1 Å². The number of nitrogens with zero attached hydrogens (tertiary/aromatic N) is 4. The van der Waals surface area contributed by atoms with Gasteiger partial charge in [-0.1, -0.05) is 48.5 Å². The molecule has 0 saturated heterocycles. The van der Waals surface area contributed by atoms with Crippen LogP contribution in [0.15, 0.2) is 82.8 Å². The lowest BCUT2D eigenvalue weighted by molar-refractivity contribution is 0.0696. The van der Waals surface area contributed by atoms with Gasteiger partial charge in [-0.2, -0.15) is 0 Å². The summed E-state index contributed by atoms with van der Waals surface area (Å²) >= 11 is 0. The normalized spacial score (nSPS) is 19.1. The van der Waals surface area contributed by atoms with Crippen molar-refractivity contribution in [2.24, 2.45) is 15.7 Å². The zero-order chi connectivity index (χ0) is 34.4. The van der Waals surface area contributed by atoms with Crippen LogP contribution in [-0.2, 0) is 25.9 Å². The summed E-state index contributed by atoms with van der Waals surface area (Å²) in [5.41, 5.74) is 13.1. The third-order valence-electron chi connectivity index (χ3n) is 9.80. The minimum Gasteiger partial charge on any atom is -0.493 e. The number of hydrogen-bond acceptors (Lipinski definition) is 9. The van der Waals surface area contributed by atoms with Gasteiger partial charge in [-0.25, -0.2) is 0 Å². The predicted molar refractivity (Wildman–Crippen MR) is 189 cm³/mol. The zero-order valence-electron chi connectivity index (χ0n) is 27.9. The number of carbonyl (C=O) groups excluding carboxylic acids is 2. The van der Waals surface area contributed by atoms with Crippen LogP contribution in [0.2, 0.25) is 0 Å². The molecular formula is C39H37N5O6. The molecule has 0 aromatic heterocycles. The van der Waals surface area contributed by atoms with Gasteiger partial charge in [0.15, 0.2) is 23.0 Å². The molecule has 50 heavy (non-hydrogen) atoms. The van der Waals surface area contributed by atoms with Crippen LogP contribution in [-0.4, -0.2) is 79.6 Å². The molecule has 0 spiro atoms. The monoisotopic (exact) mass is 671 g/mol. The second-order valence-electron chi connectivity index (χ2n) is 12.9. The Morgan fingerprint density at radius 1 is 0.660 bits per heavy atom. The smallest absolute Gasteiger partial charge is 0.257 e. The van der Waals surface area contributed by atoms with E-state index in [1.165, 1.54) is 25.3 Å². The van der Waals surface area contributed by atoms with Gasteiger partial charge in [0.25, 0.3) is 11.8 Å². The summed E-state index contributed by atoms with van der Waals surface area (Å²) in [6, 6.07) is 22.3. The minimum absolute atomic E-state index is 0.0952. The fraction of sp³-hybridized carbons (Fsp3) is 0.282. The summed E-state index contributed by atoms with van der Waals surface area (Å²) < 4.78 is 23.5. The maximum Gasteiger partial charge on any atom is 0.257 e. The molecule has 0 radical (unpaired) electrons. The molecule has 4 aromatic rings. The highest BCUT2D eigenvalue weighted by Crippen LogP contribution is 2.40. The number of rotatable bonds is 8. The Balaban J connectivity index is 0.953. The van der Waals surface area contributed by atoms with Crippen molar-refractivity contribution in [3.8, 4) is 23.0 Å². The number of ether oxygens (including phenoxy) is 4. The highest BCUT2D eigenvalue weighted by molar-refractivity contribution is 6.04. The van der Waals surface area contributed by atoms with Gasteiger partial charge in [0.1, 0.15) is 13.2 Å². The number of aliphatic imine (C=N–C) groups is 2. The minimum atomic E-state index is -0.544. The molecule has 4 aliphatic rings. The molecular weight excluding hydrogens is 634 g/mol. The average molecular weight is 672 g/mol. The summed E-state index contributed by atoms with van der Waals surface area (Å²) in [6.45, 7) is 1.23. The van der Waals surface area contributed by atoms with Crippen LogP contribution in [0, 0.1) is 0 Å². The fourth-order valence-electron chi connectivity index (χ4n) is 7.09. The van der Waals surface area contributed by atoms with Gasteiger partial charge < -0.3 is 34.5 Å². The quantitative estimate of drug-likeness (QED) is 0.278. The van der Waals surface area contributed by atoms with Crippen molar-refractivity contribution in [2.75, 3.05) is 27.4 Å². The van der Waals surface area contributed by atoms with Crippen molar-refractivity contribution in [1.29, 1.82) is 0 Å². The van der Waals surface area contributed by atoms with Crippen LogP contribution in [0.3, 0.4) is 0 Å². The molecule has 0 fully saturated rings. The first-order valence-electron chi connectivity index (χ1n) is 16.7. The van der Waals surface area contributed by atoms with Crippen molar-refractivity contribution in [3.63, 3.8) is 0 Å². The number of hydrogen-bond donors (Lipinski definition) is 1. The van der Waals surface area contributed by atoms with Crippen LogP contribution in [0.25, 0.3) is 0 Å². The van der Waals surface area contributed by atoms with Crippen LogP contribution >= 0.6 is 0 Å². The van der Waals surface area contributed by atoms with Crippen LogP contribution in [0.5, 0.6) is 23.0 Å². The molecule has 0 aliphatic carbocycles. The van der Waals surface area contributed by atoms with Crippen molar-refractivity contribution >= 4 is 35.6 Å². The van der Waals surface area contributed by atoms with E-state index in [0.29, 0.717) is 71.4 Å². The van der Waals surface area contributed by atoms with Gasteiger partial charge in [-0.3, -0.25) is 19.6 Å². The van der Waals surface area contributed by atoms with Crippen molar-refractivity contribution in [3.05, 3.63) is 106 Å². The molecule has 2 amide bonds. The van der Waals surface area contributed by atoms with Gasteiger partial charge >= 0.3 is 0 Å². The Morgan fingerprint density at radius 3 is 1.50 bits per heavy atom. The average Bonchev–Trinajstić information content (AvgIpc) is 3.36. The lowest BCUT2D eigenvalue weighted by atomic mass is 9.94. The molecule has 0 bridgehead atoms. The summed E-state index contributed by atoms with van der Waals surface area (Å²) in [4.78, 5) is 40.5. The number of benzene rings is 4. The SMILES string of the molecule is COc1cc2c(cc1OCC(N)COc1cc3c(cc1OC)C(=O)N1Cc4ccccc4C[C@H]1C=N3)N=CC1Cc3ccccc3CN1C2=O. The maximum atomic E-state index is 13.7. The topological polar surface area (TPSA) is 128 Å². The molecule has 2 N–H and O–H groups in total.